The Labute approximate surface area is 89.7 Å². The van der Waals surface area contributed by atoms with Gasteiger partial charge >= 0.3 is 0 Å². The number of nitrogens with two attached hydrogens (primary N) is 1. The predicted molar refractivity (Wildman–Crippen MR) is 61.6 cm³/mol. The van der Waals surface area contributed by atoms with Crippen LogP contribution < -0.4 is 11.1 Å². The summed E-state index contributed by atoms with van der Waals surface area (Å²) >= 11 is 0. The van der Waals surface area contributed by atoms with Crippen molar-refractivity contribution in [2.24, 2.45) is 5.92 Å². The molecule has 1 fully saturated rings. The van der Waals surface area contributed by atoms with Crippen LogP contribution in [0, 0.1) is 12.8 Å². The van der Waals surface area contributed by atoms with Crippen LogP contribution in [0.4, 0.5) is 11.4 Å². The van der Waals surface area contributed by atoms with Crippen molar-refractivity contribution in [2.75, 3.05) is 11.1 Å². The molecule has 3 nitrogen and oxygen atoms in total. The van der Waals surface area contributed by atoms with E-state index in [9.17, 15) is 4.79 Å². The van der Waals surface area contributed by atoms with Gasteiger partial charge in [-0.05, 0) is 31.4 Å². The lowest BCUT2D eigenvalue weighted by Crippen LogP contribution is -2.28. The first kappa shape index (κ1) is 10.0. The monoisotopic (exact) mass is 204 g/mol. The molecule has 0 bridgehead atoms. The highest BCUT2D eigenvalue weighted by Crippen LogP contribution is 2.29. The number of hydrogen-bond acceptors (Lipinski definition) is 2. The van der Waals surface area contributed by atoms with Crippen molar-refractivity contribution in [3.8, 4) is 0 Å². The van der Waals surface area contributed by atoms with Crippen LogP contribution in [0.5, 0.6) is 0 Å². The van der Waals surface area contributed by atoms with E-state index >= 15 is 0 Å². The van der Waals surface area contributed by atoms with Crippen molar-refractivity contribution in [2.45, 2.75) is 26.2 Å². The molecule has 1 aliphatic carbocycles. The van der Waals surface area contributed by atoms with E-state index in [1.165, 1.54) is 6.42 Å². The van der Waals surface area contributed by atoms with E-state index < -0.39 is 0 Å². The zero-order valence-corrected chi connectivity index (χ0v) is 8.92. The van der Waals surface area contributed by atoms with E-state index in [2.05, 4.69) is 5.32 Å². The molecule has 0 radical (unpaired) electrons. The topological polar surface area (TPSA) is 55.1 Å². The summed E-state index contributed by atoms with van der Waals surface area (Å²) in [5, 5.41) is 2.92. The van der Waals surface area contributed by atoms with Gasteiger partial charge in [-0.3, -0.25) is 4.79 Å². The molecule has 0 aliphatic heterocycles. The Kier molecular flexibility index (Phi) is 2.62. The van der Waals surface area contributed by atoms with Crippen molar-refractivity contribution in [1.82, 2.24) is 0 Å². The summed E-state index contributed by atoms with van der Waals surface area (Å²) in [6.07, 6.45) is 3.19. The van der Waals surface area contributed by atoms with Gasteiger partial charge in [0.1, 0.15) is 0 Å². The molecule has 3 heteroatoms. The maximum absolute atomic E-state index is 11.7. The lowest BCUT2D eigenvalue weighted by atomic mass is 9.84. The molecule has 1 aliphatic rings. The van der Waals surface area contributed by atoms with E-state index in [0.717, 1.165) is 24.1 Å². The molecular weight excluding hydrogens is 188 g/mol. The van der Waals surface area contributed by atoms with Gasteiger partial charge in [-0.1, -0.05) is 18.6 Å². The number of amides is 1. The molecule has 80 valence electrons. The maximum Gasteiger partial charge on any atom is 0.227 e. The number of carbonyl (C=O) groups is 1. The number of anilines is 2. The van der Waals surface area contributed by atoms with E-state index in [0.29, 0.717) is 5.69 Å². The lowest BCUT2D eigenvalue weighted by Gasteiger charge is -2.24. The Bertz CT molecular complexity index is 363. The molecule has 1 aromatic carbocycles. The first-order valence-electron chi connectivity index (χ1n) is 5.34. The van der Waals surface area contributed by atoms with Crippen molar-refractivity contribution in [3.05, 3.63) is 23.8 Å². The lowest BCUT2D eigenvalue weighted by molar-refractivity contribution is -0.122. The van der Waals surface area contributed by atoms with Crippen LogP contribution in [0.15, 0.2) is 18.2 Å². The van der Waals surface area contributed by atoms with Gasteiger partial charge in [-0.15, -0.1) is 0 Å². The van der Waals surface area contributed by atoms with Crippen LogP contribution in [0.3, 0.4) is 0 Å². The van der Waals surface area contributed by atoms with Crippen LogP contribution in [0.25, 0.3) is 0 Å². The Morgan fingerprint density at radius 3 is 2.73 bits per heavy atom. The van der Waals surface area contributed by atoms with Gasteiger partial charge in [0.2, 0.25) is 5.91 Å². The predicted octanol–water partition coefficient (Wildman–Crippen LogP) is 2.32. The van der Waals surface area contributed by atoms with Crippen LogP contribution in [-0.4, -0.2) is 5.91 Å². The summed E-state index contributed by atoms with van der Waals surface area (Å²) in [5.41, 5.74) is 8.24. The van der Waals surface area contributed by atoms with Crippen LogP contribution in [0.2, 0.25) is 0 Å². The summed E-state index contributed by atoms with van der Waals surface area (Å²) in [7, 11) is 0. The SMILES string of the molecule is Cc1cccc(N)c1NC(=O)C1CCC1. The number of hydrogen-bond donors (Lipinski definition) is 2. The third kappa shape index (κ3) is 1.96. The molecule has 15 heavy (non-hydrogen) atoms. The highest BCUT2D eigenvalue weighted by molar-refractivity contribution is 5.96. The molecule has 3 N–H and O–H groups in total. The van der Waals surface area contributed by atoms with E-state index in [-0.39, 0.29) is 11.8 Å². The molecule has 2 rings (SSSR count). The molecule has 1 saturated carbocycles. The Hall–Kier alpha value is -1.51. The van der Waals surface area contributed by atoms with Crippen molar-refractivity contribution >= 4 is 17.3 Å². The zero-order chi connectivity index (χ0) is 10.8. The minimum Gasteiger partial charge on any atom is -0.397 e. The smallest absolute Gasteiger partial charge is 0.227 e. The zero-order valence-electron chi connectivity index (χ0n) is 8.92. The number of carbonyl (C=O) groups excluding carboxylic acids is 1. The molecule has 0 saturated heterocycles. The fourth-order valence-corrected chi connectivity index (χ4v) is 1.76. The molecule has 0 spiro atoms. The Morgan fingerprint density at radius 2 is 2.20 bits per heavy atom. The number of nitrogen functional groups attached to an aromatic ring is 1. The van der Waals surface area contributed by atoms with Gasteiger partial charge in [0, 0.05) is 5.92 Å². The number of nitrogens with one attached hydrogen (secondary N) is 1. The third-order valence-corrected chi connectivity index (χ3v) is 3.03. The van der Waals surface area contributed by atoms with Gasteiger partial charge in [0.05, 0.1) is 11.4 Å². The largest absolute Gasteiger partial charge is 0.397 e. The fourth-order valence-electron chi connectivity index (χ4n) is 1.76. The second kappa shape index (κ2) is 3.93. The molecule has 0 unspecified atom stereocenters. The number of rotatable bonds is 2. The summed E-state index contributed by atoms with van der Waals surface area (Å²) in [6, 6.07) is 5.65. The quantitative estimate of drug-likeness (QED) is 0.726. The molecule has 1 amide bonds. The molecule has 0 atom stereocenters. The number of para-hydroxylation sites is 1. The minimum atomic E-state index is 0.113. The first-order valence-corrected chi connectivity index (χ1v) is 5.34. The van der Waals surface area contributed by atoms with E-state index in [1.807, 2.05) is 25.1 Å². The van der Waals surface area contributed by atoms with E-state index in [4.69, 9.17) is 5.73 Å². The number of aryl methyl sites for hydroxylation is 1. The summed E-state index contributed by atoms with van der Waals surface area (Å²) in [6.45, 7) is 1.95. The van der Waals surface area contributed by atoms with Crippen molar-refractivity contribution in [3.63, 3.8) is 0 Å². The summed E-state index contributed by atoms with van der Waals surface area (Å²) in [4.78, 5) is 11.7. The molecule has 0 aromatic heterocycles. The van der Waals surface area contributed by atoms with Gasteiger partial charge in [-0.25, -0.2) is 0 Å². The average molecular weight is 204 g/mol. The first-order chi connectivity index (χ1) is 7.18. The second-order valence-corrected chi connectivity index (χ2v) is 4.16. The van der Waals surface area contributed by atoms with Crippen molar-refractivity contribution < 1.29 is 4.79 Å². The van der Waals surface area contributed by atoms with Gasteiger partial charge in [-0.2, -0.15) is 0 Å². The van der Waals surface area contributed by atoms with Gasteiger partial charge in [0.15, 0.2) is 0 Å². The van der Waals surface area contributed by atoms with Gasteiger partial charge < -0.3 is 11.1 Å². The highest BCUT2D eigenvalue weighted by atomic mass is 16.1. The van der Waals surface area contributed by atoms with Crippen LogP contribution >= 0.6 is 0 Å². The normalized spacial score (nSPS) is 15.8. The Morgan fingerprint density at radius 1 is 1.47 bits per heavy atom. The van der Waals surface area contributed by atoms with Crippen LogP contribution in [0.1, 0.15) is 24.8 Å². The summed E-state index contributed by atoms with van der Waals surface area (Å²) in [5.74, 6) is 0.311. The average Bonchev–Trinajstić information content (AvgIpc) is 2.08. The third-order valence-electron chi connectivity index (χ3n) is 3.03. The summed E-state index contributed by atoms with van der Waals surface area (Å²) < 4.78 is 0. The van der Waals surface area contributed by atoms with Crippen molar-refractivity contribution in [1.29, 1.82) is 0 Å². The maximum atomic E-state index is 11.7. The van der Waals surface area contributed by atoms with Gasteiger partial charge in [0.25, 0.3) is 0 Å². The number of benzene rings is 1. The molecule has 0 heterocycles. The van der Waals surface area contributed by atoms with Crippen LogP contribution in [-0.2, 0) is 4.79 Å². The minimum absolute atomic E-state index is 0.113. The fraction of sp³-hybridized carbons (Fsp3) is 0.417. The standard InChI is InChI=1S/C12H16N2O/c1-8-4-2-7-10(13)11(8)14-12(15)9-5-3-6-9/h2,4,7,9H,3,5-6,13H2,1H3,(H,14,15). The second-order valence-electron chi connectivity index (χ2n) is 4.16. The molecular formula is C12H16N2O. The molecule has 1 aromatic rings. The highest BCUT2D eigenvalue weighted by Gasteiger charge is 2.25. The Balaban J connectivity index is 2.12. The van der Waals surface area contributed by atoms with E-state index in [1.54, 1.807) is 0 Å².